The molecule has 1 aliphatic rings. The highest BCUT2D eigenvalue weighted by atomic mass is 16.2. The van der Waals surface area contributed by atoms with Crippen molar-refractivity contribution >= 4 is 34.1 Å². The normalized spacial score (nSPS) is 13.9. The number of hydrogen-bond donors (Lipinski definition) is 2. The summed E-state index contributed by atoms with van der Waals surface area (Å²) in [5.41, 5.74) is 1.77. The molecule has 2 N–H and O–H groups in total. The van der Waals surface area contributed by atoms with Crippen LogP contribution in [0.5, 0.6) is 0 Å². The molecule has 4 aromatic rings. The Kier molecular flexibility index (Phi) is 4.65. The smallest absolute Gasteiger partial charge is 0.239 e. The van der Waals surface area contributed by atoms with Crippen molar-refractivity contribution in [2.75, 3.05) is 29.9 Å². The summed E-state index contributed by atoms with van der Waals surface area (Å²) in [4.78, 5) is 31.5. The number of carbonyl (C=O) groups is 1. The SMILES string of the molecule is O=C1CN(c2cc(-c3nc(Nc4cnccn4)cc4ccccc34)ccn2)CCN1. The third-order valence-corrected chi connectivity index (χ3v) is 4.94. The summed E-state index contributed by atoms with van der Waals surface area (Å²) in [6.45, 7) is 1.65. The van der Waals surface area contributed by atoms with Crippen LogP contribution in [0.3, 0.4) is 0 Å². The third kappa shape index (κ3) is 3.62. The summed E-state index contributed by atoms with van der Waals surface area (Å²) < 4.78 is 0. The van der Waals surface area contributed by atoms with Crippen LogP contribution >= 0.6 is 0 Å². The molecule has 0 radical (unpaired) electrons. The molecule has 8 nitrogen and oxygen atoms in total. The lowest BCUT2D eigenvalue weighted by Gasteiger charge is -2.27. The molecule has 5 rings (SSSR count). The van der Waals surface area contributed by atoms with E-state index in [2.05, 4.69) is 37.7 Å². The maximum Gasteiger partial charge on any atom is 0.239 e. The minimum absolute atomic E-state index is 0.00666. The van der Waals surface area contributed by atoms with E-state index < -0.39 is 0 Å². The number of nitrogens with one attached hydrogen (secondary N) is 2. The molecule has 30 heavy (non-hydrogen) atoms. The second-order valence-corrected chi connectivity index (χ2v) is 6.97. The van der Waals surface area contributed by atoms with Crippen molar-refractivity contribution in [3.8, 4) is 11.3 Å². The van der Waals surface area contributed by atoms with Gasteiger partial charge in [0.15, 0.2) is 0 Å². The first-order valence-corrected chi connectivity index (χ1v) is 9.67. The van der Waals surface area contributed by atoms with Gasteiger partial charge < -0.3 is 15.5 Å². The Morgan fingerprint density at radius 3 is 2.80 bits per heavy atom. The van der Waals surface area contributed by atoms with Gasteiger partial charge in [0.25, 0.3) is 0 Å². The summed E-state index contributed by atoms with van der Waals surface area (Å²) in [7, 11) is 0. The van der Waals surface area contributed by atoms with Gasteiger partial charge in [0.2, 0.25) is 5.91 Å². The van der Waals surface area contributed by atoms with E-state index in [9.17, 15) is 4.79 Å². The first-order chi connectivity index (χ1) is 14.8. The van der Waals surface area contributed by atoms with E-state index in [1.165, 1.54) is 0 Å². The summed E-state index contributed by atoms with van der Waals surface area (Å²) >= 11 is 0. The molecule has 0 bridgehead atoms. The molecule has 8 heteroatoms. The summed E-state index contributed by atoms with van der Waals surface area (Å²) in [5, 5.41) is 8.17. The van der Waals surface area contributed by atoms with Gasteiger partial charge >= 0.3 is 0 Å². The van der Waals surface area contributed by atoms with Crippen LogP contribution in [-0.4, -0.2) is 45.5 Å². The van der Waals surface area contributed by atoms with Crippen LogP contribution in [0.25, 0.3) is 22.0 Å². The van der Waals surface area contributed by atoms with Gasteiger partial charge in [-0.15, -0.1) is 0 Å². The first-order valence-electron chi connectivity index (χ1n) is 9.67. The zero-order valence-corrected chi connectivity index (χ0v) is 16.1. The molecule has 0 atom stereocenters. The zero-order valence-electron chi connectivity index (χ0n) is 16.1. The number of carbonyl (C=O) groups excluding carboxylic acids is 1. The predicted octanol–water partition coefficient (Wildman–Crippen LogP) is 2.77. The highest BCUT2D eigenvalue weighted by Crippen LogP contribution is 2.31. The lowest BCUT2D eigenvalue weighted by molar-refractivity contribution is -0.120. The number of aromatic nitrogens is 4. The van der Waals surface area contributed by atoms with Gasteiger partial charge in [-0.05, 0) is 23.6 Å². The van der Waals surface area contributed by atoms with Crippen LogP contribution in [0.1, 0.15) is 0 Å². The van der Waals surface area contributed by atoms with Gasteiger partial charge in [-0.2, -0.15) is 0 Å². The number of hydrogen-bond acceptors (Lipinski definition) is 7. The highest BCUT2D eigenvalue weighted by molar-refractivity contribution is 5.97. The Balaban J connectivity index is 1.58. The van der Waals surface area contributed by atoms with Gasteiger partial charge in [-0.3, -0.25) is 9.78 Å². The standard InChI is InChI=1S/C22H19N7O/c30-21-14-29(10-9-26-21)20-12-16(5-6-25-20)22-17-4-2-1-3-15(17)11-18(28-22)27-19-13-23-7-8-24-19/h1-8,11-13H,9-10,14H2,(H,26,30)(H,24,27,28). The van der Waals surface area contributed by atoms with Gasteiger partial charge in [-0.25, -0.2) is 15.0 Å². The van der Waals surface area contributed by atoms with Crippen molar-refractivity contribution in [3.63, 3.8) is 0 Å². The molecule has 1 aromatic carbocycles. The van der Waals surface area contributed by atoms with E-state index in [1.807, 2.05) is 35.2 Å². The number of pyridine rings is 2. The fraction of sp³-hybridized carbons (Fsp3) is 0.136. The fourth-order valence-electron chi connectivity index (χ4n) is 3.55. The second kappa shape index (κ2) is 7.75. The largest absolute Gasteiger partial charge is 0.353 e. The van der Waals surface area contributed by atoms with Gasteiger partial charge in [-0.1, -0.05) is 24.3 Å². The predicted molar refractivity (Wildman–Crippen MR) is 116 cm³/mol. The zero-order chi connectivity index (χ0) is 20.3. The van der Waals surface area contributed by atoms with E-state index in [4.69, 9.17) is 4.98 Å². The Morgan fingerprint density at radius 1 is 1.00 bits per heavy atom. The van der Waals surface area contributed by atoms with Crippen LogP contribution in [0.4, 0.5) is 17.5 Å². The monoisotopic (exact) mass is 397 g/mol. The molecular formula is C22H19N7O. The van der Waals surface area contributed by atoms with Gasteiger partial charge in [0, 0.05) is 42.6 Å². The molecule has 0 aliphatic carbocycles. The average molecular weight is 397 g/mol. The Hall–Kier alpha value is -4.07. The Morgan fingerprint density at radius 2 is 1.93 bits per heavy atom. The summed E-state index contributed by atoms with van der Waals surface area (Å²) in [5.74, 6) is 2.08. The molecule has 1 amide bonds. The van der Waals surface area contributed by atoms with E-state index in [0.717, 1.165) is 34.4 Å². The molecular weight excluding hydrogens is 378 g/mol. The first kappa shape index (κ1) is 18.0. The minimum Gasteiger partial charge on any atom is -0.353 e. The van der Waals surface area contributed by atoms with Crippen molar-refractivity contribution in [2.24, 2.45) is 0 Å². The number of piperazine rings is 1. The number of benzene rings is 1. The van der Waals surface area contributed by atoms with E-state index in [1.54, 1.807) is 24.8 Å². The molecule has 0 spiro atoms. The van der Waals surface area contributed by atoms with E-state index in [-0.39, 0.29) is 5.91 Å². The lowest BCUT2D eigenvalue weighted by atomic mass is 10.0. The van der Waals surface area contributed by atoms with Crippen molar-refractivity contribution in [2.45, 2.75) is 0 Å². The Labute approximate surface area is 173 Å². The van der Waals surface area contributed by atoms with Crippen LogP contribution in [0.15, 0.2) is 67.3 Å². The molecule has 1 fully saturated rings. The summed E-state index contributed by atoms with van der Waals surface area (Å²) in [6.07, 6.45) is 6.68. The second-order valence-electron chi connectivity index (χ2n) is 6.97. The van der Waals surface area contributed by atoms with E-state index in [0.29, 0.717) is 24.7 Å². The van der Waals surface area contributed by atoms with Crippen LogP contribution in [-0.2, 0) is 4.79 Å². The van der Waals surface area contributed by atoms with Gasteiger partial charge in [0.05, 0.1) is 18.4 Å². The number of rotatable bonds is 4. The minimum atomic E-state index is 0.00666. The van der Waals surface area contributed by atoms with Crippen molar-refractivity contribution in [3.05, 3.63) is 67.3 Å². The summed E-state index contributed by atoms with van der Waals surface area (Å²) in [6, 6.07) is 14.0. The molecule has 1 aliphatic heterocycles. The molecule has 3 aromatic heterocycles. The number of fused-ring (bicyclic) bond motifs is 1. The Bertz CT molecular complexity index is 1210. The van der Waals surface area contributed by atoms with E-state index >= 15 is 0 Å². The number of anilines is 3. The highest BCUT2D eigenvalue weighted by Gasteiger charge is 2.18. The molecule has 0 unspecified atom stereocenters. The number of amides is 1. The van der Waals surface area contributed by atoms with Crippen LogP contribution in [0.2, 0.25) is 0 Å². The van der Waals surface area contributed by atoms with Gasteiger partial charge in [0.1, 0.15) is 17.5 Å². The lowest BCUT2D eigenvalue weighted by Crippen LogP contribution is -2.48. The molecule has 4 heterocycles. The van der Waals surface area contributed by atoms with Crippen LogP contribution < -0.4 is 15.5 Å². The van der Waals surface area contributed by atoms with Crippen molar-refractivity contribution in [1.29, 1.82) is 0 Å². The maximum atomic E-state index is 11.8. The maximum absolute atomic E-state index is 11.8. The van der Waals surface area contributed by atoms with Crippen LogP contribution in [0, 0.1) is 0 Å². The van der Waals surface area contributed by atoms with Crippen molar-refractivity contribution in [1.82, 2.24) is 25.3 Å². The molecule has 0 saturated carbocycles. The topological polar surface area (TPSA) is 95.9 Å². The molecule has 1 saturated heterocycles. The fourth-order valence-corrected chi connectivity index (χ4v) is 3.55. The quantitative estimate of drug-likeness (QED) is 0.547. The van der Waals surface area contributed by atoms with Crippen molar-refractivity contribution < 1.29 is 4.79 Å². The molecule has 148 valence electrons. The third-order valence-electron chi connectivity index (χ3n) is 4.94. The average Bonchev–Trinajstić information content (AvgIpc) is 2.79. The number of nitrogens with zero attached hydrogens (tertiary/aromatic N) is 5.